The number of hydrogen-bond acceptors (Lipinski definition) is 9. The molecule has 24 rings (SSSR count). The van der Waals surface area contributed by atoms with E-state index in [0.29, 0.717) is 52.7 Å². The van der Waals surface area contributed by atoms with Gasteiger partial charge in [-0.15, -0.1) is 0 Å². The molecule has 0 fully saturated rings. The minimum absolute atomic E-state index is 0.565. The molecule has 0 bridgehead atoms. The number of aromatic nitrogens is 13. The lowest BCUT2D eigenvalue weighted by Gasteiger charge is -2.11. The zero-order chi connectivity index (χ0) is 80.6. The normalized spacial score (nSPS) is 11.6. The molecule has 0 aliphatic heterocycles. The maximum Gasteiger partial charge on any atom is 0.238 e. The van der Waals surface area contributed by atoms with Crippen molar-refractivity contribution in [2.24, 2.45) is 0 Å². The lowest BCUT2D eigenvalue weighted by Crippen LogP contribution is -2.06. The maximum absolute atomic E-state index is 5.11. The van der Waals surface area contributed by atoms with Crippen molar-refractivity contribution in [3.05, 3.63) is 419 Å². The smallest absolute Gasteiger partial charge is 0.238 e. The van der Waals surface area contributed by atoms with Crippen LogP contribution >= 0.6 is 0 Å². The van der Waals surface area contributed by atoms with E-state index in [4.69, 9.17) is 44.9 Å². The molecule has 0 atom stereocenters. The molecule has 0 radical (unpaired) electrons. The quantitative estimate of drug-likeness (QED) is 0.111. The average molecular weight is 1560 g/mol. The van der Waals surface area contributed by atoms with Gasteiger partial charge in [0.15, 0.2) is 40.8 Å². The summed E-state index contributed by atoms with van der Waals surface area (Å²) < 4.78 is 9.08. The van der Waals surface area contributed by atoms with Crippen molar-refractivity contribution >= 4 is 98.0 Å². The molecular formula is C109H69N13. The zero-order valence-electron chi connectivity index (χ0n) is 65.7. The Bertz CT molecular complexity index is 7750. The van der Waals surface area contributed by atoms with E-state index in [1.165, 1.54) is 54.5 Å². The first-order chi connectivity index (χ1) is 60.5. The Balaban J connectivity index is 0.000000142. The molecule has 24 aromatic rings. The van der Waals surface area contributed by atoms with Crippen molar-refractivity contribution in [1.82, 2.24) is 63.1 Å². The van der Waals surface area contributed by atoms with Crippen LogP contribution in [0.2, 0.25) is 0 Å². The van der Waals surface area contributed by atoms with Crippen LogP contribution < -0.4 is 0 Å². The maximum atomic E-state index is 5.11. The molecule has 7 heterocycles. The first-order valence-electron chi connectivity index (χ1n) is 40.8. The van der Waals surface area contributed by atoms with Crippen LogP contribution in [0.25, 0.3) is 223 Å². The first-order valence-corrected chi connectivity index (χ1v) is 40.8. The number of rotatable bonds is 13. The largest absolute Gasteiger partial charge is 0.309 e. The van der Waals surface area contributed by atoms with Crippen LogP contribution in [0, 0.1) is 0 Å². The second-order valence-corrected chi connectivity index (χ2v) is 30.5. The Morgan fingerprint density at radius 2 is 0.352 bits per heavy atom. The SMILES string of the molecule is c1ccc(-c2nc(-c3ccccc3)nc(-c3ccc(-n4c5ccccc5c5cc(-c6ccc7c(c6)c6ccccc6n7-c6ccc7ccccc7c6)ccc54)cc3)n2)cc1.c1ccc(-c2nc(-c3ccccc3)nc(-n3c4ccccc4c4cc(-c5ccc6c(c5)c5ccccc5n6-c5nc(-c6ccccc6)nc(-c6ccccc6)n5)ccc43)n2)cc1. The summed E-state index contributed by atoms with van der Waals surface area (Å²) in [5.41, 5.74) is 22.1. The third kappa shape index (κ3) is 12.5. The monoisotopic (exact) mass is 1560 g/mol. The standard InChI is InChI=1S/C55H35N5.C54H34N8/c1-3-14-37(15-4-1)53-56-54(38-16-5-2-6-17-38)58-55(57-53)39-24-28-43(29-25-39)59-49-21-11-9-19-45(49)47-34-41(26-31-51(47)59)42-27-32-52-48(35-42)46-20-10-12-22-50(46)60(52)44-30-23-36-13-7-8-18-40(36)33-44;1-5-17-35(18-6-1)49-55-50(36-19-7-2-8-20-36)58-53(57-49)61-45-27-15-13-25-41(45)43-33-39(29-31-47(43)61)40-30-32-48-44(34-40)42-26-14-16-28-46(42)62(48)54-59-51(37-21-9-3-10-22-37)56-52(60-54)38-23-11-4-12-24-38/h1-35H;1-34H. The summed E-state index contributed by atoms with van der Waals surface area (Å²) in [6, 6.07) is 146. The van der Waals surface area contributed by atoms with E-state index in [1.807, 2.05) is 182 Å². The molecule has 122 heavy (non-hydrogen) atoms. The van der Waals surface area contributed by atoms with E-state index in [9.17, 15) is 0 Å². The van der Waals surface area contributed by atoms with Gasteiger partial charge in [-0.05, 0) is 142 Å². The molecule has 0 amide bonds. The molecule has 0 N–H and O–H groups in total. The number of hydrogen-bond donors (Lipinski definition) is 0. The Kier molecular flexibility index (Phi) is 17.2. The minimum atomic E-state index is 0.565. The van der Waals surface area contributed by atoms with Crippen LogP contribution in [-0.2, 0) is 0 Å². The predicted octanol–water partition coefficient (Wildman–Crippen LogP) is 26.5. The lowest BCUT2D eigenvalue weighted by atomic mass is 10.0. The molecule has 0 saturated carbocycles. The van der Waals surface area contributed by atoms with Gasteiger partial charge in [0, 0.05) is 93.4 Å². The fraction of sp³-hybridized carbons (Fsp3) is 0. The van der Waals surface area contributed by atoms with Crippen molar-refractivity contribution < 1.29 is 0 Å². The molecule has 0 aliphatic carbocycles. The van der Waals surface area contributed by atoms with Crippen molar-refractivity contribution in [1.29, 1.82) is 0 Å². The second kappa shape index (κ2) is 29.7. The topological polar surface area (TPSA) is 136 Å². The average Bonchev–Trinajstić information content (AvgIpc) is 1.59. The summed E-state index contributed by atoms with van der Waals surface area (Å²) in [4.78, 5) is 45.2. The Labute approximate surface area is 700 Å². The second-order valence-electron chi connectivity index (χ2n) is 30.5. The Morgan fingerprint density at radius 1 is 0.131 bits per heavy atom. The van der Waals surface area contributed by atoms with E-state index in [2.05, 4.69) is 255 Å². The minimum Gasteiger partial charge on any atom is -0.309 e. The highest BCUT2D eigenvalue weighted by Crippen LogP contribution is 2.43. The molecule has 0 spiro atoms. The Hall–Kier alpha value is -16.8. The summed E-state index contributed by atoms with van der Waals surface area (Å²) in [7, 11) is 0. The van der Waals surface area contributed by atoms with Gasteiger partial charge in [0.05, 0.1) is 44.1 Å². The van der Waals surface area contributed by atoms with Crippen molar-refractivity contribution in [3.8, 4) is 125 Å². The van der Waals surface area contributed by atoms with Crippen molar-refractivity contribution in [2.75, 3.05) is 0 Å². The van der Waals surface area contributed by atoms with Gasteiger partial charge in [0.25, 0.3) is 0 Å². The number of nitrogens with zero attached hydrogens (tertiary/aromatic N) is 13. The fourth-order valence-corrected chi connectivity index (χ4v) is 17.4. The first kappa shape index (κ1) is 70.6. The van der Waals surface area contributed by atoms with Crippen molar-refractivity contribution in [3.63, 3.8) is 0 Å². The van der Waals surface area contributed by atoms with E-state index >= 15 is 0 Å². The molecule has 13 nitrogen and oxygen atoms in total. The van der Waals surface area contributed by atoms with Crippen LogP contribution in [-0.4, -0.2) is 63.1 Å². The van der Waals surface area contributed by atoms with E-state index in [1.54, 1.807) is 0 Å². The van der Waals surface area contributed by atoms with E-state index < -0.39 is 0 Å². The van der Waals surface area contributed by atoms with Gasteiger partial charge in [-0.25, -0.2) is 24.9 Å². The summed E-state index contributed by atoms with van der Waals surface area (Å²) in [5, 5.41) is 11.8. The highest BCUT2D eigenvalue weighted by Gasteiger charge is 2.24. The summed E-state index contributed by atoms with van der Waals surface area (Å²) in [6.07, 6.45) is 0. The van der Waals surface area contributed by atoms with Crippen LogP contribution in [0.15, 0.2) is 419 Å². The van der Waals surface area contributed by atoms with E-state index in [0.717, 1.165) is 116 Å². The fourth-order valence-electron chi connectivity index (χ4n) is 17.4. The summed E-state index contributed by atoms with van der Waals surface area (Å²) >= 11 is 0. The third-order valence-corrected chi connectivity index (χ3v) is 23.2. The van der Waals surface area contributed by atoms with E-state index in [-0.39, 0.29) is 0 Å². The molecule has 0 unspecified atom stereocenters. The van der Waals surface area contributed by atoms with Crippen LogP contribution in [0.3, 0.4) is 0 Å². The zero-order valence-corrected chi connectivity index (χ0v) is 65.7. The number of para-hydroxylation sites is 4. The predicted molar refractivity (Wildman–Crippen MR) is 497 cm³/mol. The highest BCUT2D eigenvalue weighted by atomic mass is 15.2. The Morgan fingerprint density at radius 3 is 0.672 bits per heavy atom. The molecule has 0 aliphatic rings. The van der Waals surface area contributed by atoms with Gasteiger partial charge >= 0.3 is 0 Å². The molecule has 7 aromatic heterocycles. The lowest BCUT2D eigenvalue weighted by molar-refractivity contribution is 0.953. The highest BCUT2D eigenvalue weighted by molar-refractivity contribution is 6.15. The summed E-state index contributed by atoms with van der Waals surface area (Å²) in [5.74, 6) is 5.54. The van der Waals surface area contributed by atoms with Gasteiger partial charge in [0.2, 0.25) is 11.9 Å². The third-order valence-electron chi connectivity index (χ3n) is 23.2. The summed E-state index contributed by atoms with van der Waals surface area (Å²) in [6.45, 7) is 0. The molecule has 17 aromatic carbocycles. The van der Waals surface area contributed by atoms with Gasteiger partial charge in [-0.1, -0.05) is 309 Å². The van der Waals surface area contributed by atoms with Gasteiger partial charge < -0.3 is 9.13 Å². The molecular weight excluding hydrogens is 1490 g/mol. The molecule has 13 heteroatoms. The van der Waals surface area contributed by atoms with Crippen molar-refractivity contribution in [2.45, 2.75) is 0 Å². The molecule has 570 valence electrons. The van der Waals surface area contributed by atoms with Gasteiger partial charge in [0.1, 0.15) is 0 Å². The van der Waals surface area contributed by atoms with Gasteiger partial charge in [-0.3, -0.25) is 9.13 Å². The van der Waals surface area contributed by atoms with Crippen LogP contribution in [0.4, 0.5) is 0 Å². The number of fused-ring (bicyclic) bond motifs is 13. The van der Waals surface area contributed by atoms with Crippen LogP contribution in [0.5, 0.6) is 0 Å². The van der Waals surface area contributed by atoms with Crippen LogP contribution in [0.1, 0.15) is 0 Å². The molecule has 0 saturated heterocycles. The number of benzene rings is 17. The van der Waals surface area contributed by atoms with Gasteiger partial charge in [-0.2, -0.15) is 19.9 Å².